The van der Waals surface area contributed by atoms with Crippen molar-refractivity contribution in [2.75, 3.05) is 17.7 Å². The molecule has 0 amide bonds. The zero-order valence-corrected chi connectivity index (χ0v) is 9.52. The first kappa shape index (κ1) is 10.3. The molecular weight excluding hydrogens is 250 g/mol. The quantitative estimate of drug-likeness (QED) is 0.596. The second kappa shape index (κ2) is 3.93. The van der Waals surface area contributed by atoms with Crippen molar-refractivity contribution in [2.45, 2.75) is 0 Å². The van der Waals surface area contributed by atoms with E-state index in [0.717, 1.165) is 10.2 Å². The van der Waals surface area contributed by atoms with Gasteiger partial charge in [0.05, 0.1) is 11.4 Å². The van der Waals surface area contributed by atoms with Crippen molar-refractivity contribution in [3.05, 3.63) is 22.7 Å². The molecule has 0 fully saturated rings. The molecule has 0 saturated carbocycles. The van der Waals surface area contributed by atoms with Crippen molar-refractivity contribution in [1.29, 1.82) is 0 Å². The Morgan fingerprint density at radius 3 is 2.69 bits per heavy atom. The highest BCUT2D eigenvalue weighted by Crippen LogP contribution is 2.25. The summed E-state index contributed by atoms with van der Waals surface area (Å²) in [6.07, 6.45) is 0. The van der Waals surface area contributed by atoms with Gasteiger partial charge in [0.2, 0.25) is 0 Å². The second-order valence-corrected chi connectivity index (χ2v) is 3.93. The molecule has 0 heterocycles. The summed E-state index contributed by atoms with van der Waals surface area (Å²) in [6.45, 7) is 0. The number of thiocarbonyl (C=S) groups is 1. The molecule has 13 heavy (non-hydrogen) atoms. The molecule has 0 radical (unpaired) electrons. The molecular formula is C8H10BrN3S. The minimum absolute atomic E-state index is 0.296. The van der Waals surface area contributed by atoms with Gasteiger partial charge in [0, 0.05) is 11.5 Å². The molecule has 0 aliphatic heterocycles. The van der Waals surface area contributed by atoms with E-state index in [0.29, 0.717) is 10.8 Å². The number of rotatable bonds is 1. The molecule has 0 saturated heterocycles. The lowest BCUT2D eigenvalue weighted by Gasteiger charge is -2.18. The Kier molecular flexibility index (Phi) is 3.11. The van der Waals surface area contributed by atoms with Crippen LogP contribution in [0.4, 0.5) is 11.4 Å². The van der Waals surface area contributed by atoms with Crippen LogP contribution in [0.2, 0.25) is 0 Å². The van der Waals surface area contributed by atoms with E-state index in [-0.39, 0.29) is 0 Å². The van der Waals surface area contributed by atoms with E-state index in [4.69, 9.17) is 23.7 Å². The number of nitrogens with zero attached hydrogens (tertiary/aromatic N) is 1. The largest absolute Gasteiger partial charge is 0.397 e. The maximum absolute atomic E-state index is 5.75. The average Bonchev–Trinajstić information content (AvgIpc) is 2.08. The van der Waals surface area contributed by atoms with Gasteiger partial charge in [0.1, 0.15) is 0 Å². The van der Waals surface area contributed by atoms with E-state index in [2.05, 4.69) is 15.9 Å². The molecule has 0 spiro atoms. The summed E-state index contributed by atoms with van der Waals surface area (Å²) in [5.41, 5.74) is 12.7. The third kappa shape index (κ3) is 2.32. The Hall–Kier alpha value is -0.810. The zero-order valence-electron chi connectivity index (χ0n) is 7.12. The molecule has 0 unspecified atom stereocenters. The predicted octanol–water partition coefficient (Wildman–Crippen LogP) is 1.71. The van der Waals surface area contributed by atoms with Gasteiger partial charge in [-0.15, -0.1) is 0 Å². The lowest BCUT2D eigenvalue weighted by Crippen LogP contribution is -2.32. The number of halogens is 1. The molecule has 1 aromatic rings. The first-order chi connectivity index (χ1) is 6.02. The van der Waals surface area contributed by atoms with Crippen LogP contribution in [0.15, 0.2) is 22.7 Å². The molecule has 5 heteroatoms. The fourth-order valence-corrected chi connectivity index (χ4v) is 1.37. The van der Waals surface area contributed by atoms with Crippen LogP contribution in [0, 0.1) is 0 Å². The number of hydrogen-bond donors (Lipinski definition) is 2. The van der Waals surface area contributed by atoms with Crippen molar-refractivity contribution in [3.63, 3.8) is 0 Å². The standard InChI is InChI=1S/C8H10BrN3S/c1-12(8(11)13)7-4-5(9)2-3-6(7)10/h2-4H,10H2,1H3,(H2,11,13). The van der Waals surface area contributed by atoms with E-state index < -0.39 is 0 Å². The van der Waals surface area contributed by atoms with Crippen LogP contribution < -0.4 is 16.4 Å². The maximum atomic E-state index is 5.75. The minimum Gasteiger partial charge on any atom is -0.397 e. The smallest absolute Gasteiger partial charge is 0.170 e. The van der Waals surface area contributed by atoms with Crippen molar-refractivity contribution >= 4 is 44.6 Å². The lowest BCUT2D eigenvalue weighted by molar-refractivity contribution is 1.27. The lowest BCUT2D eigenvalue weighted by atomic mass is 10.2. The Balaban J connectivity index is 3.12. The zero-order chi connectivity index (χ0) is 10.0. The predicted molar refractivity (Wildman–Crippen MR) is 63.7 cm³/mol. The average molecular weight is 260 g/mol. The number of nitrogen functional groups attached to an aromatic ring is 1. The summed E-state index contributed by atoms with van der Waals surface area (Å²) in [6, 6.07) is 5.54. The van der Waals surface area contributed by atoms with Crippen molar-refractivity contribution in [1.82, 2.24) is 0 Å². The molecule has 1 rings (SSSR count). The first-order valence-corrected chi connectivity index (χ1v) is 4.80. The molecule has 0 bridgehead atoms. The molecule has 3 nitrogen and oxygen atoms in total. The van der Waals surface area contributed by atoms with Crippen LogP contribution in [0.1, 0.15) is 0 Å². The summed E-state index contributed by atoms with van der Waals surface area (Å²) >= 11 is 8.18. The summed E-state index contributed by atoms with van der Waals surface area (Å²) in [7, 11) is 1.78. The molecule has 70 valence electrons. The van der Waals surface area contributed by atoms with Gasteiger partial charge in [-0.05, 0) is 30.4 Å². The molecule has 0 aromatic heterocycles. The Bertz CT molecular complexity index is 340. The minimum atomic E-state index is 0.296. The van der Waals surface area contributed by atoms with Crippen LogP contribution in [0.5, 0.6) is 0 Å². The van der Waals surface area contributed by atoms with Gasteiger partial charge in [-0.2, -0.15) is 0 Å². The van der Waals surface area contributed by atoms with E-state index in [1.807, 2.05) is 12.1 Å². The fraction of sp³-hybridized carbons (Fsp3) is 0.125. The van der Waals surface area contributed by atoms with Gasteiger partial charge in [-0.25, -0.2) is 0 Å². The van der Waals surface area contributed by atoms with Crippen LogP contribution in [0.3, 0.4) is 0 Å². The van der Waals surface area contributed by atoms with Gasteiger partial charge in [-0.1, -0.05) is 15.9 Å². The van der Waals surface area contributed by atoms with E-state index in [9.17, 15) is 0 Å². The Morgan fingerprint density at radius 2 is 2.15 bits per heavy atom. The third-order valence-corrected chi connectivity index (χ3v) is 2.45. The molecule has 0 atom stereocenters. The third-order valence-electron chi connectivity index (χ3n) is 1.68. The van der Waals surface area contributed by atoms with Gasteiger partial charge < -0.3 is 16.4 Å². The number of hydrogen-bond acceptors (Lipinski definition) is 2. The van der Waals surface area contributed by atoms with Gasteiger partial charge >= 0.3 is 0 Å². The number of benzene rings is 1. The monoisotopic (exact) mass is 259 g/mol. The number of nitrogens with two attached hydrogens (primary N) is 2. The van der Waals surface area contributed by atoms with Crippen molar-refractivity contribution in [3.8, 4) is 0 Å². The summed E-state index contributed by atoms with van der Waals surface area (Å²) in [5, 5.41) is 0.296. The van der Waals surface area contributed by atoms with Gasteiger partial charge in [0.25, 0.3) is 0 Å². The van der Waals surface area contributed by atoms with E-state index >= 15 is 0 Å². The first-order valence-electron chi connectivity index (χ1n) is 3.60. The van der Waals surface area contributed by atoms with Crippen LogP contribution in [0.25, 0.3) is 0 Å². The van der Waals surface area contributed by atoms with Crippen LogP contribution in [-0.4, -0.2) is 12.2 Å². The summed E-state index contributed by atoms with van der Waals surface area (Å²) in [4.78, 5) is 1.66. The Labute approximate surface area is 90.8 Å². The highest BCUT2D eigenvalue weighted by Gasteiger charge is 2.07. The molecule has 0 aliphatic rings. The van der Waals surface area contributed by atoms with E-state index in [1.165, 1.54) is 0 Å². The van der Waals surface area contributed by atoms with E-state index in [1.54, 1.807) is 18.0 Å². The number of anilines is 2. The summed E-state index contributed by atoms with van der Waals surface area (Å²) < 4.78 is 0.944. The topological polar surface area (TPSA) is 55.3 Å². The SMILES string of the molecule is CN(C(N)=S)c1cc(Br)ccc1N. The highest BCUT2D eigenvalue weighted by molar-refractivity contribution is 9.10. The fourth-order valence-electron chi connectivity index (χ4n) is 0.926. The molecule has 1 aromatic carbocycles. The van der Waals surface area contributed by atoms with Crippen molar-refractivity contribution in [2.24, 2.45) is 5.73 Å². The Morgan fingerprint density at radius 1 is 1.54 bits per heavy atom. The van der Waals surface area contributed by atoms with Gasteiger partial charge in [-0.3, -0.25) is 0 Å². The highest BCUT2D eigenvalue weighted by atomic mass is 79.9. The maximum Gasteiger partial charge on any atom is 0.170 e. The summed E-state index contributed by atoms with van der Waals surface area (Å²) in [5.74, 6) is 0. The molecule has 0 aliphatic carbocycles. The van der Waals surface area contributed by atoms with Crippen LogP contribution >= 0.6 is 28.1 Å². The van der Waals surface area contributed by atoms with Gasteiger partial charge in [0.15, 0.2) is 5.11 Å². The van der Waals surface area contributed by atoms with Crippen molar-refractivity contribution < 1.29 is 0 Å². The normalized spacial score (nSPS) is 9.69. The molecule has 4 N–H and O–H groups in total. The van der Waals surface area contributed by atoms with Crippen LogP contribution in [-0.2, 0) is 0 Å². The second-order valence-electron chi connectivity index (χ2n) is 2.60.